The summed E-state index contributed by atoms with van der Waals surface area (Å²) in [6.45, 7) is 12.1. The average molecular weight is 377 g/mol. The van der Waals surface area contributed by atoms with Gasteiger partial charge in [0.05, 0.1) is 0 Å². The number of carbonyl (C=O) groups is 1. The summed E-state index contributed by atoms with van der Waals surface area (Å²) in [7, 11) is -1.27. The molecule has 0 heterocycles. The second-order valence-corrected chi connectivity index (χ2v) is 12.1. The fraction of sp³-hybridized carbons (Fsp3) is 0.950. The Labute approximate surface area is 159 Å². The molecule has 0 atom stereocenters. The Morgan fingerprint density at radius 3 is 1.71 bits per heavy atom. The highest BCUT2D eigenvalue weighted by Crippen LogP contribution is 2.17. The third-order valence-corrected chi connectivity index (χ3v) is 7.01. The van der Waals surface area contributed by atoms with Gasteiger partial charge in [-0.2, -0.15) is 0 Å². The molecule has 0 aromatic rings. The minimum Gasteiger partial charge on any atom is -0.418 e. The van der Waals surface area contributed by atoms with Crippen molar-refractivity contribution >= 4 is 26.1 Å². The van der Waals surface area contributed by atoms with E-state index in [1.54, 1.807) is 0 Å². The lowest BCUT2D eigenvalue weighted by atomic mass is 10.1. The monoisotopic (exact) mass is 376 g/mol. The van der Waals surface area contributed by atoms with Crippen molar-refractivity contribution in [2.24, 2.45) is 0 Å². The molecule has 0 aromatic heterocycles. The van der Waals surface area contributed by atoms with E-state index in [9.17, 15) is 4.79 Å². The van der Waals surface area contributed by atoms with Crippen LogP contribution in [0.4, 0.5) is 0 Å². The second kappa shape index (κ2) is 19.5. The molecule has 0 spiro atoms. The molecule has 4 heteroatoms. The third kappa shape index (κ3) is 24.4. The largest absolute Gasteiger partial charge is 0.418 e. The molecule has 0 aromatic carbocycles. The van der Waals surface area contributed by atoms with Gasteiger partial charge in [-0.3, -0.25) is 4.79 Å². The van der Waals surface area contributed by atoms with E-state index in [1.807, 2.05) is 0 Å². The molecule has 2 nitrogen and oxygen atoms in total. The van der Waals surface area contributed by atoms with Gasteiger partial charge in [0.1, 0.15) is 0 Å². The van der Waals surface area contributed by atoms with Gasteiger partial charge in [-0.1, -0.05) is 78.1 Å². The van der Waals surface area contributed by atoms with Gasteiger partial charge in [0.2, 0.25) is 0 Å². The maximum absolute atomic E-state index is 10.3. The second-order valence-electron chi connectivity index (χ2n) is 7.27. The fourth-order valence-electron chi connectivity index (χ4n) is 2.67. The molecule has 0 aliphatic rings. The van der Waals surface area contributed by atoms with E-state index in [-0.39, 0.29) is 5.12 Å². The normalized spacial score (nSPS) is 11.1. The van der Waals surface area contributed by atoms with Gasteiger partial charge in [0, 0.05) is 13.0 Å². The summed E-state index contributed by atoms with van der Waals surface area (Å²) in [6, 6.07) is 1.34. The number of hydrogen-bond acceptors (Lipinski definition) is 2. The lowest BCUT2D eigenvalue weighted by Gasteiger charge is -2.21. The predicted molar refractivity (Wildman–Crippen MR) is 115 cm³/mol. The van der Waals surface area contributed by atoms with Crippen LogP contribution < -0.4 is 0 Å². The van der Waals surface area contributed by atoms with E-state index in [1.165, 1.54) is 70.3 Å². The lowest BCUT2D eigenvalue weighted by molar-refractivity contribution is -0.110. The Morgan fingerprint density at radius 1 is 0.792 bits per heavy atom. The highest BCUT2D eigenvalue weighted by Gasteiger charge is 2.20. The number of unbranched alkanes of at least 4 members (excludes halogenated alkanes) is 9. The number of thiol groups is 1. The van der Waals surface area contributed by atoms with E-state index in [4.69, 9.17) is 4.43 Å². The SMILES string of the molecule is CCCCCCCC(=O)S.CCCCCCCC[Si](C)(C)OCC. The van der Waals surface area contributed by atoms with Crippen LogP contribution >= 0.6 is 12.6 Å². The Morgan fingerprint density at radius 2 is 1.25 bits per heavy atom. The molecule has 0 fully saturated rings. The summed E-state index contributed by atoms with van der Waals surface area (Å²) >= 11 is 3.68. The first-order valence-electron chi connectivity index (χ1n) is 10.2. The molecule has 0 unspecified atom stereocenters. The summed E-state index contributed by atoms with van der Waals surface area (Å²) in [5.74, 6) is 0. The summed E-state index contributed by atoms with van der Waals surface area (Å²) in [5, 5.41) is 0.0245. The van der Waals surface area contributed by atoms with E-state index in [0.29, 0.717) is 6.42 Å². The van der Waals surface area contributed by atoms with Gasteiger partial charge in [0.25, 0.3) is 0 Å². The molecule has 0 N–H and O–H groups in total. The van der Waals surface area contributed by atoms with Crippen LogP contribution in [0.15, 0.2) is 0 Å². The van der Waals surface area contributed by atoms with Gasteiger partial charge in [-0.05, 0) is 32.5 Å². The Hall–Kier alpha value is 0.197. The predicted octanol–water partition coefficient (Wildman–Crippen LogP) is 7.39. The summed E-state index contributed by atoms with van der Waals surface area (Å²) in [5.41, 5.74) is 0. The molecule has 0 aliphatic heterocycles. The maximum Gasteiger partial charge on any atom is 0.186 e. The van der Waals surface area contributed by atoms with E-state index < -0.39 is 8.32 Å². The van der Waals surface area contributed by atoms with E-state index >= 15 is 0 Å². The molecule has 24 heavy (non-hydrogen) atoms. The summed E-state index contributed by atoms with van der Waals surface area (Å²) < 4.78 is 5.80. The van der Waals surface area contributed by atoms with Crippen LogP contribution in [-0.2, 0) is 9.22 Å². The molecule has 0 amide bonds. The smallest absolute Gasteiger partial charge is 0.186 e. The van der Waals surface area contributed by atoms with Gasteiger partial charge >= 0.3 is 0 Å². The first-order valence-corrected chi connectivity index (χ1v) is 13.8. The molecular formula is C20H44O2SSi. The average Bonchev–Trinajstić information content (AvgIpc) is 2.51. The first kappa shape index (κ1) is 26.4. The van der Waals surface area contributed by atoms with Crippen LogP contribution in [0, 0.1) is 0 Å². The van der Waals surface area contributed by atoms with Crippen LogP contribution in [0.2, 0.25) is 19.1 Å². The summed E-state index contributed by atoms with van der Waals surface area (Å²) in [4.78, 5) is 10.3. The van der Waals surface area contributed by atoms with Crippen molar-refractivity contribution in [3.05, 3.63) is 0 Å². The van der Waals surface area contributed by atoms with Crippen LogP contribution in [0.25, 0.3) is 0 Å². The quantitative estimate of drug-likeness (QED) is 0.183. The van der Waals surface area contributed by atoms with Gasteiger partial charge < -0.3 is 4.43 Å². The molecular weight excluding hydrogens is 332 g/mol. The highest BCUT2D eigenvalue weighted by atomic mass is 32.1. The maximum atomic E-state index is 10.3. The zero-order valence-corrected chi connectivity index (χ0v) is 19.1. The minimum atomic E-state index is -1.27. The van der Waals surface area contributed by atoms with Crippen LogP contribution in [-0.4, -0.2) is 20.0 Å². The Kier molecular flexibility index (Phi) is 21.5. The lowest BCUT2D eigenvalue weighted by Crippen LogP contribution is -2.29. The van der Waals surface area contributed by atoms with Crippen molar-refractivity contribution in [3.8, 4) is 0 Å². The van der Waals surface area contributed by atoms with Crippen molar-refractivity contribution < 1.29 is 9.22 Å². The van der Waals surface area contributed by atoms with Crippen molar-refractivity contribution in [1.29, 1.82) is 0 Å². The molecule has 0 rings (SSSR count). The zero-order chi connectivity index (χ0) is 18.7. The van der Waals surface area contributed by atoms with E-state index in [0.717, 1.165) is 13.0 Å². The Bertz CT molecular complexity index is 270. The van der Waals surface area contributed by atoms with Crippen LogP contribution in [0.3, 0.4) is 0 Å². The highest BCUT2D eigenvalue weighted by molar-refractivity contribution is 7.96. The fourth-order valence-corrected chi connectivity index (χ4v) is 4.86. The molecule has 0 saturated heterocycles. The Balaban J connectivity index is 0. The zero-order valence-electron chi connectivity index (χ0n) is 17.2. The molecule has 0 aliphatic carbocycles. The van der Waals surface area contributed by atoms with Crippen molar-refractivity contribution in [1.82, 2.24) is 0 Å². The van der Waals surface area contributed by atoms with Gasteiger partial charge in [-0.25, -0.2) is 0 Å². The van der Waals surface area contributed by atoms with Crippen LogP contribution in [0.1, 0.15) is 97.8 Å². The van der Waals surface area contributed by atoms with Crippen molar-refractivity contribution in [3.63, 3.8) is 0 Å². The van der Waals surface area contributed by atoms with Gasteiger partial charge in [0.15, 0.2) is 13.4 Å². The first-order chi connectivity index (χ1) is 11.4. The van der Waals surface area contributed by atoms with E-state index in [2.05, 4.69) is 46.5 Å². The number of rotatable bonds is 15. The van der Waals surface area contributed by atoms with Crippen LogP contribution in [0.5, 0.6) is 0 Å². The molecule has 0 radical (unpaired) electrons. The summed E-state index contributed by atoms with van der Waals surface area (Å²) in [6.07, 6.45) is 15.0. The molecule has 146 valence electrons. The molecule has 0 saturated carbocycles. The van der Waals surface area contributed by atoms with Crippen molar-refractivity contribution in [2.45, 2.75) is 117 Å². The van der Waals surface area contributed by atoms with Gasteiger partial charge in [-0.15, -0.1) is 12.6 Å². The number of hydrogen-bond donors (Lipinski definition) is 1. The standard InChI is InChI=1S/C12H28OSi.C8H16OS/c1-5-7-8-9-10-11-12-14(3,4)13-6-2;1-2-3-4-5-6-7-8(9)10/h5-12H2,1-4H3;2-7H2,1H3,(H,9,10). The molecule has 0 bridgehead atoms. The van der Waals surface area contributed by atoms with Crippen molar-refractivity contribution in [2.75, 3.05) is 6.61 Å². The topological polar surface area (TPSA) is 26.3 Å². The number of carbonyl (C=O) groups excluding carboxylic acids is 1. The minimum absolute atomic E-state index is 0.0245. The third-order valence-electron chi connectivity index (χ3n) is 4.16.